The molecule has 0 aliphatic heterocycles. The van der Waals surface area contributed by atoms with Gasteiger partial charge in [0, 0.05) is 39.0 Å². The van der Waals surface area contributed by atoms with Gasteiger partial charge in [0.25, 0.3) is 5.56 Å². The largest absolute Gasteiger partial charge is 0.326 e. The molecule has 0 atom stereocenters. The third-order valence-electron chi connectivity index (χ3n) is 4.23. The first-order chi connectivity index (χ1) is 11.7. The molecule has 3 heterocycles. The Morgan fingerprint density at radius 1 is 1.21 bits per heavy atom. The van der Waals surface area contributed by atoms with Crippen LogP contribution < -0.4 is 5.56 Å². The summed E-state index contributed by atoms with van der Waals surface area (Å²) in [6, 6.07) is 10.5. The van der Waals surface area contributed by atoms with Crippen LogP contribution in [0.4, 0.5) is 0 Å². The van der Waals surface area contributed by atoms with Crippen LogP contribution >= 0.6 is 11.3 Å². The van der Waals surface area contributed by atoms with Crippen LogP contribution in [-0.4, -0.2) is 9.97 Å². The fourth-order valence-electron chi connectivity index (χ4n) is 2.85. The number of nitrogens with one attached hydrogen (secondary N) is 1. The van der Waals surface area contributed by atoms with Gasteiger partial charge in [-0.2, -0.15) is 0 Å². The van der Waals surface area contributed by atoms with Crippen LogP contribution in [0.1, 0.15) is 35.0 Å². The fraction of sp³-hybridized carbons (Fsp3) is 0.300. The van der Waals surface area contributed by atoms with Crippen LogP contribution in [0.15, 0.2) is 47.5 Å². The average molecular weight is 338 g/mol. The number of aryl methyl sites for hydroxylation is 4. The maximum Gasteiger partial charge on any atom is 0.251 e. The Morgan fingerprint density at radius 3 is 2.83 bits per heavy atom. The quantitative estimate of drug-likeness (QED) is 0.717. The summed E-state index contributed by atoms with van der Waals surface area (Å²) in [4.78, 5) is 21.6. The second-order valence-electron chi connectivity index (χ2n) is 6.00. The molecule has 4 heteroatoms. The van der Waals surface area contributed by atoms with Crippen molar-refractivity contribution in [2.45, 2.75) is 39.5 Å². The second kappa shape index (κ2) is 7.58. The summed E-state index contributed by atoms with van der Waals surface area (Å²) in [6.07, 6.45) is 7.76. The van der Waals surface area contributed by atoms with Gasteiger partial charge in [0.2, 0.25) is 0 Å². The first kappa shape index (κ1) is 16.7. The molecule has 0 bridgehead atoms. The minimum Gasteiger partial charge on any atom is -0.326 e. The number of rotatable bonds is 6. The summed E-state index contributed by atoms with van der Waals surface area (Å²) < 4.78 is 0. The van der Waals surface area contributed by atoms with Crippen molar-refractivity contribution in [2.75, 3.05) is 0 Å². The van der Waals surface area contributed by atoms with Crippen LogP contribution in [0.25, 0.3) is 10.4 Å². The van der Waals surface area contributed by atoms with E-state index in [0.717, 1.165) is 42.5 Å². The molecule has 0 amide bonds. The van der Waals surface area contributed by atoms with Crippen molar-refractivity contribution < 1.29 is 0 Å². The molecule has 0 saturated carbocycles. The van der Waals surface area contributed by atoms with E-state index in [0.29, 0.717) is 0 Å². The van der Waals surface area contributed by atoms with Crippen molar-refractivity contribution in [3.8, 4) is 10.4 Å². The number of aromatic nitrogens is 2. The van der Waals surface area contributed by atoms with E-state index in [1.165, 1.54) is 15.3 Å². The van der Waals surface area contributed by atoms with Gasteiger partial charge in [0.1, 0.15) is 0 Å². The van der Waals surface area contributed by atoms with Crippen molar-refractivity contribution in [1.82, 2.24) is 9.97 Å². The first-order valence-corrected chi connectivity index (χ1v) is 9.20. The number of pyridine rings is 2. The SMILES string of the molecule is CCc1cc(-c2ccc(CCCc3cccnc3)s2)c(C)[nH]c1=O. The zero-order chi connectivity index (χ0) is 16.9. The predicted molar refractivity (Wildman–Crippen MR) is 101 cm³/mol. The van der Waals surface area contributed by atoms with Crippen molar-refractivity contribution in [3.63, 3.8) is 0 Å². The van der Waals surface area contributed by atoms with Crippen molar-refractivity contribution in [1.29, 1.82) is 0 Å². The van der Waals surface area contributed by atoms with Crippen LogP contribution in [-0.2, 0) is 19.3 Å². The number of aromatic amines is 1. The maximum absolute atomic E-state index is 11.9. The lowest BCUT2D eigenvalue weighted by Crippen LogP contribution is -2.13. The third-order valence-corrected chi connectivity index (χ3v) is 5.41. The molecular weight excluding hydrogens is 316 g/mol. The number of nitrogens with zero attached hydrogens (tertiary/aromatic N) is 1. The molecule has 3 aromatic heterocycles. The van der Waals surface area contributed by atoms with Crippen LogP contribution in [0.2, 0.25) is 0 Å². The fourth-order valence-corrected chi connectivity index (χ4v) is 3.98. The Balaban J connectivity index is 1.70. The topological polar surface area (TPSA) is 45.8 Å². The smallest absolute Gasteiger partial charge is 0.251 e. The van der Waals surface area contributed by atoms with Crippen molar-refractivity contribution in [3.05, 3.63) is 74.8 Å². The summed E-state index contributed by atoms with van der Waals surface area (Å²) >= 11 is 1.82. The van der Waals surface area contributed by atoms with E-state index >= 15 is 0 Å². The van der Waals surface area contributed by atoms with Crippen LogP contribution in [0.5, 0.6) is 0 Å². The normalized spacial score (nSPS) is 10.9. The molecule has 0 fully saturated rings. The van der Waals surface area contributed by atoms with Gasteiger partial charge in [-0.1, -0.05) is 13.0 Å². The van der Waals surface area contributed by atoms with Crippen molar-refractivity contribution >= 4 is 11.3 Å². The molecule has 3 aromatic rings. The zero-order valence-electron chi connectivity index (χ0n) is 14.1. The van der Waals surface area contributed by atoms with E-state index in [-0.39, 0.29) is 5.56 Å². The number of thiophene rings is 1. The van der Waals surface area contributed by atoms with Crippen molar-refractivity contribution in [2.24, 2.45) is 0 Å². The third kappa shape index (κ3) is 3.82. The van der Waals surface area contributed by atoms with E-state index in [1.807, 2.05) is 49.7 Å². The Labute approximate surface area is 146 Å². The van der Waals surface area contributed by atoms with E-state index < -0.39 is 0 Å². The lowest BCUT2D eigenvalue weighted by Gasteiger charge is -2.05. The number of hydrogen-bond acceptors (Lipinski definition) is 3. The minimum atomic E-state index is 0.0343. The molecular formula is C20H22N2OS. The average Bonchev–Trinajstić information content (AvgIpc) is 3.04. The molecule has 1 N–H and O–H groups in total. The molecule has 124 valence electrons. The van der Waals surface area contributed by atoms with Gasteiger partial charge in [-0.25, -0.2) is 0 Å². The molecule has 0 unspecified atom stereocenters. The molecule has 24 heavy (non-hydrogen) atoms. The molecule has 3 nitrogen and oxygen atoms in total. The van der Waals surface area contributed by atoms with E-state index in [1.54, 1.807) is 0 Å². The first-order valence-electron chi connectivity index (χ1n) is 8.38. The highest BCUT2D eigenvalue weighted by atomic mass is 32.1. The van der Waals surface area contributed by atoms with Gasteiger partial charge in [-0.05, 0) is 62.4 Å². The van der Waals surface area contributed by atoms with Crippen LogP contribution in [0, 0.1) is 6.92 Å². The molecule has 0 aliphatic carbocycles. The molecule has 0 saturated heterocycles. The van der Waals surface area contributed by atoms with Gasteiger partial charge in [-0.3, -0.25) is 9.78 Å². The molecule has 0 spiro atoms. The highest BCUT2D eigenvalue weighted by Gasteiger charge is 2.09. The standard InChI is InChI=1S/C20H22N2OS/c1-3-16-12-18(14(2)22-20(16)23)19-10-9-17(24-19)8-4-6-15-7-5-11-21-13-15/h5,7,9-13H,3-4,6,8H2,1-2H3,(H,22,23). The highest BCUT2D eigenvalue weighted by molar-refractivity contribution is 7.15. The Kier molecular flexibility index (Phi) is 5.26. The Bertz CT molecular complexity index is 865. The van der Waals surface area contributed by atoms with Gasteiger partial charge in [0.05, 0.1) is 0 Å². The number of H-pyrrole nitrogens is 1. The lowest BCUT2D eigenvalue weighted by molar-refractivity contribution is 0.827. The van der Waals surface area contributed by atoms with Gasteiger partial charge in [-0.15, -0.1) is 11.3 Å². The summed E-state index contributed by atoms with van der Waals surface area (Å²) in [5.41, 5.74) is 4.27. The molecule has 3 rings (SSSR count). The number of hydrogen-bond donors (Lipinski definition) is 1. The highest BCUT2D eigenvalue weighted by Crippen LogP contribution is 2.30. The second-order valence-corrected chi connectivity index (χ2v) is 7.17. The molecule has 0 aliphatic rings. The minimum absolute atomic E-state index is 0.0343. The van der Waals surface area contributed by atoms with Gasteiger partial charge < -0.3 is 4.98 Å². The summed E-state index contributed by atoms with van der Waals surface area (Å²) in [7, 11) is 0. The molecule has 0 radical (unpaired) electrons. The summed E-state index contributed by atoms with van der Waals surface area (Å²) in [5, 5.41) is 0. The maximum atomic E-state index is 11.9. The predicted octanol–water partition coefficient (Wildman–Crippen LogP) is 4.54. The van der Waals surface area contributed by atoms with Gasteiger partial charge >= 0.3 is 0 Å². The monoisotopic (exact) mass is 338 g/mol. The summed E-state index contributed by atoms with van der Waals surface area (Å²) in [6.45, 7) is 3.99. The lowest BCUT2D eigenvalue weighted by atomic mass is 10.1. The van der Waals surface area contributed by atoms with E-state index in [2.05, 4.69) is 28.2 Å². The van der Waals surface area contributed by atoms with E-state index in [9.17, 15) is 4.79 Å². The Morgan fingerprint density at radius 2 is 2.08 bits per heavy atom. The Hall–Kier alpha value is -2.20. The summed E-state index contributed by atoms with van der Waals surface area (Å²) in [5.74, 6) is 0. The zero-order valence-corrected chi connectivity index (χ0v) is 15.0. The van der Waals surface area contributed by atoms with Crippen LogP contribution in [0.3, 0.4) is 0 Å². The van der Waals surface area contributed by atoms with E-state index in [4.69, 9.17) is 0 Å². The molecule has 0 aromatic carbocycles. The van der Waals surface area contributed by atoms with Gasteiger partial charge in [0.15, 0.2) is 0 Å².